The van der Waals surface area contributed by atoms with Crippen molar-refractivity contribution in [1.29, 1.82) is 0 Å². The quantitative estimate of drug-likeness (QED) is 0.714. The molecule has 1 amide bonds. The van der Waals surface area contributed by atoms with Crippen molar-refractivity contribution in [2.75, 3.05) is 39.3 Å². The van der Waals surface area contributed by atoms with E-state index in [0.29, 0.717) is 0 Å². The van der Waals surface area contributed by atoms with Crippen LogP contribution in [0.1, 0.15) is 48.9 Å². The number of carbonyl (C=O) groups excluding carboxylic acids is 1. The number of hydrogen-bond acceptors (Lipinski definition) is 3. The van der Waals surface area contributed by atoms with E-state index in [1.807, 2.05) is 29.2 Å². The Kier molecular flexibility index (Phi) is 5.93. The maximum Gasteiger partial charge on any atom is 0.253 e. The average Bonchev–Trinajstić information content (AvgIpc) is 3.26. The van der Waals surface area contributed by atoms with Gasteiger partial charge in [0.25, 0.3) is 5.91 Å². The van der Waals surface area contributed by atoms with E-state index in [0.717, 1.165) is 67.6 Å². The Morgan fingerprint density at radius 1 is 0.852 bits per heavy atom. The first-order chi connectivity index (χ1) is 13.3. The van der Waals surface area contributed by atoms with Gasteiger partial charge in [-0.05, 0) is 80.2 Å². The number of likely N-dealkylation sites (tertiary alicyclic amines) is 2. The standard InChI is InChI=1S/C23H30N2O2/c26-23(25-14-4-5-15-25)21-8-7-20-18-22(10-9-19(20)17-21)27-16-6-13-24-11-2-1-3-12-24/h7-10,17-18H,1-6,11-16H2. The summed E-state index contributed by atoms with van der Waals surface area (Å²) in [7, 11) is 0. The van der Waals surface area contributed by atoms with Crippen LogP contribution in [-0.4, -0.2) is 55.0 Å². The number of fused-ring (bicyclic) bond motifs is 1. The summed E-state index contributed by atoms with van der Waals surface area (Å²) in [5.74, 6) is 1.08. The zero-order chi connectivity index (χ0) is 18.5. The molecule has 27 heavy (non-hydrogen) atoms. The van der Waals surface area contributed by atoms with Gasteiger partial charge in [0, 0.05) is 25.2 Å². The van der Waals surface area contributed by atoms with Crippen LogP contribution in [0.3, 0.4) is 0 Å². The second-order valence-electron chi connectivity index (χ2n) is 7.83. The fourth-order valence-corrected chi connectivity index (χ4v) is 4.21. The summed E-state index contributed by atoms with van der Waals surface area (Å²) in [6.07, 6.45) is 7.38. The Morgan fingerprint density at radius 2 is 1.56 bits per heavy atom. The molecule has 2 aliphatic heterocycles. The third-order valence-electron chi connectivity index (χ3n) is 5.79. The Morgan fingerprint density at radius 3 is 2.37 bits per heavy atom. The fourth-order valence-electron chi connectivity index (χ4n) is 4.21. The molecule has 4 rings (SSSR count). The molecule has 2 heterocycles. The molecular formula is C23H30N2O2. The molecule has 0 unspecified atom stereocenters. The van der Waals surface area contributed by atoms with Gasteiger partial charge in [0.15, 0.2) is 0 Å². The van der Waals surface area contributed by atoms with Crippen LogP contribution in [0.4, 0.5) is 0 Å². The van der Waals surface area contributed by atoms with Crippen LogP contribution >= 0.6 is 0 Å². The van der Waals surface area contributed by atoms with Gasteiger partial charge in [-0.3, -0.25) is 4.79 Å². The van der Waals surface area contributed by atoms with Crippen LogP contribution in [0.25, 0.3) is 10.8 Å². The van der Waals surface area contributed by atoms with Gasteiger partial charge in [0.2, 0.25) is 0 Å². The summed E-state index contributed by atoms with van der Waals surface area (Å²) in [6, 6.07) is 12.2. The van der Waals surface area contributed by atoms with Crippen LogP contribution in [0.5, 0.6) is 5.75 Å². The highest BCUT2D eigenvalue weighted by atomic mass is 16.5. The van der Waals surface area contributed by atoms with E-state index in [4.69, 9.17) is 4.74 Å². The second-order valence-corrected chi connectivity index (χ2v) is 7.83. The molecule has 2 aromatic rings. The smallest absolute Gasteiger partial charge is 0.253 e. The van der Waals surface area contributed by atoms with Crippen molar-refractivity contribution < 1.29 is 9.53 Å². The van der Waals surface area contributed by atoms with E-state index in [1.54, 1.807) is 0 Å². The third kappa shape index (κ3) is 4.62. The normalized spacial score (nSPS) is 18.1. The molecule has 4 heteroatoms. The van der Waals surface area contributed by atoms with Crippen molar-refractivity contribution in [2.45, 2.75) is 38.5 Å². The molecule has 4 nitrogen and oxygen atoms in total. The lowest BCUT2D eigenvalue weighted by Crippen LogP contribution is -2.31. The summed E-state index contributed by atoms with van der Waals surface area (Å²) in [6.45, 7) is 6.16. The first-order valence-corrected chi connectivity index (χ1v) is 10.5. The maximum absolute atomic E-state index is 12.6. The third-order valence-corrected chi connectivity index (χ3v) is 5.79. The lowest BCUT2D eigenvalue weighted by Gasteiger charge is -2.26. The zero-order valence-corrected chi connectivity index (χ0v) is 16.2. The molecule has 0 radical (unpaired) electrons. The first kappa shape index (κ1) is 18.3. The van der Waals surface area contributed by atoms with Crippen molar-refractivity contribution in [1.82, 2.24) is 9.80 Å². The summed E-state index contributed by atoms with van der Waals surface area (Å²) in [5.41, 5.74) is 0.791. The van der Waals surface area contributed by atoms with Crippen LogP contribution in [0.2, 0.25) is 0 Å². The molecule has 2 aromatic carbocycles. The topological polar surface area (TPSA) is 32.8 Å². The van der Waals surface area contributed by atoms with Gasteiger partial charge in [0.1, 0.15) is 5.75 Å². The molecule has 0 saturated carbocycles. The fraction of sp³-hybridized carbons (Fsp3) is 0.522. The number of ether oxygens (including phenoxy) is 1. The number of rotatable bonds is 6. The molecule has 0 spiro atoms. The van der Waals surface area contributed by atoms with Crippen LogP contribution in [0.15, 0.2) is 36.4 Å². The number of benzene rings is 2. The lowest BCUT2D eigenvalue weighted by atomic mass is 10.1. The van der Waals surface area contributed by atoms with E-state index in [2.05, 4.69) is 17.0 Å². The van der Waals surface area contributed by atoms with Crippen molar-refractivity contribution >= 4 is 16.7 Å². The Labute approximate surface area is 162 Å². The van der Waals surface area contributed by atoms with Gasteiger partial charge in [-0.15, -0.1) is 0 Å². The number of piperidine rings is 1. The summed E-state index contributed by atoms with van der Waals surface area (Å²) in [5, 5.41) is 2.22. The Hall–Kier alpha value is -2.07. The van der Waals surface area contributed by atoms with E-state index >= 15 is 0 Å². The predicted octanol–water partition coefficient (Wildman–Crippen LogP) is 4.33. The first-order valence-electron chi connectivity index (χ1n) is 10.5. The average molecular weight is 367 g/mol. The molecule has 2 saturated heterocycles. The maximum atomic E-state index is 12.6. The van der Waals surface area contributed by atoms with Crippen LogP contribution < -0.4 is 4.74 Å². The molecule has 144 valence electrons. The van der Waals surface area contributed by atoms with Gasteiger partial charge < -0.3 is 14.5 Å². The highest BCUT2D eigenvalue weighted by molar-refractivity contribution is 5.98. The predicted molar refractivity (Wildman–Crippen MR) is 109 cm³/mol. The summed E-state index contributed by atoms with van der Waals surface area (Å²) < 4.78 is 5.96. The highest BCUT2D eigenvalue weighted by Crippen LogP contribution is 2.23. The number of carbonyl (C=O) groups is 1. The SMILES string of the molecule is O=C(c1ccc2cc(OCCCN3CCCCC3)ccc2c1)N1CCCC1. The van der Waals surface area contributed by atoms with Gasteiger partial charge in [-0.1, -0.05) is 18.6 Å². The molecule has 2 fully saturated rings. The largest absolute Gasteiger partial charge is 0.494 e. The summed E-state index contributed by atoms with van der Waals surface area (Å²) in [4.78, 5) is 17.1. The van der Waals surface area contributed by atoms with E-state index in [9.17, 15) is 4.79 Å². The van der Waals surface area contributed by atoms with E-state index in [1.165, 1.54) is 32.4 Å². The van der Waals surface area contributed by atoms with Gasteiger partial charge in [-0.2, -0.15) is 0 Å². The van der Waals surface area contributed by atoms with Crippen LogP contribution in [0, 0.1) is 0 Å². The van der Waals surface area contributed by atoms with Crippen molar-refractivity contribution in [3.8, 4) is 5.75 Å². The van der Waals surface area contributed by atoms with Gasteiger partial charge in [-0.25, -0.2) is 0 Å². The molecule has 0 atom stereocenters. The van der Waals surface area contributed by atoms with Gasteiger partial charge >= 0.3 is 0 Å². The van der Waals surface area contributed by atoms with Crippen molar-refractivity contribution in [3.63, 3.8) is 0 Å². The Balaban J connectivity index is 1.33. The number of hydrogen-bond donors (Lipinski definition) is 0. The molecule has 0 aliphatic carbocycles. The minimum Gasteiger partial charge on any atom is -0.494 e. The minimum atomic E-state index is 0.160. The highest BCUT2D eigenvalue weighted by Gasteiger charge is 2.19. The molecular weight excluding hydrogens is 336 g/mol. The monoisotopic (exact) mass is 366 g/mol. The number of amides is 1. The second kappa shape index (κ2) is 8.75. The van der Waals surface area contributed by atoms with E-state index in [-0.39, 0.29) is 5.91 Å². The molecule has 0 aromatic heterocycles. The minimum absolute atomic E-state index is 0.160. The Bertz CT molecular complexity index is 777. The molecule has 2 aliphatic rings. The summed E-state index contributed by atoms with van der Waals surface area (Å²) >= 11 is 0. The van der Waals surface area contributed by atoms with Crippen LogP contribution in [-0.2, 0) is 0 Å². The lowest BCUT2D eigenvalue weighted by molar-refractivity contribution is 0.0793. The van der Waals surface area contributed by atoms with E-state index < -0.39 is 0 Å². The zero-order valence-electron chi connectivity index (χ0n) is 16.2. The van der Waals surface area contributed by atoms with Gasteiger partial charge in [0.05, 0.1) is 6.61 Å². The number of nitrogens with zero attached hydrogens (tertiary/aromatic N) is 2. The molecule has 0 bridgehead atoms. The van der Waals surface area contributed by atoms with Crippen molar-refractivity contribution in [2.24, 2.45) is 0 Å². The van der Waals surface area contributed by atoms with Crippen molar-refractivity contribution in [3.05, 3.63) is 42.0 Å². The molecule has 0 N–H and O–H groups in total.